The Morgan fingerprint density at radius 3 is 2.36 bits per heavy atom. The first kappa shape index (κ1) is 17.2. The average Bonchev–Trinajstić information content (AvgIpc) is 3.02. The summed E-state index contributed by atoms with van der Waals surface area (Å²) in [6.07, 6.45) is -4.02. The maximum Gasteiger partial charge on any atom is 0.417 e. The van der Waals surface area contributed by atoms with E-state index in [1.165, 1.54) is 42.6 Å². The molecule has 3 nitrogen and oxygen atoms in total. The number of allylic oxidation sites excluding steroid dienone is 1. The number of anilines is 1. The summed E-state index contributed by atoms with van der Waals surface area (Å²) in [6, 6.07) is 14.5. The van der Waals surface area contributed by atoms with Crippen molar-refractivity contribution in [2.75, 3.05) is 11.9 Å². The van der Waals surface area contributed by atoms with Crippen molar-refractivity contribution < 1.29 is 18.0 Å². The van der Waals surface area contributed by atoms with Crippen molar-refractivity contribution in [1.82, 2.24) is 4.98 Å². The van der Waals surface area contributed by atoms with Gasteiger partial charge in [-0.3, -0.25) is 9.69 Å². The third kappa shape index (κ3) is 3.71. The highest BCUT2D eigenvalue weighted by Crippen LogP contribution is 2.34. The second-order valence-electron chi connectivity index (χ2n) is 5.28. The van der Waals surface area contributed by atoms with Crippen LogP contribution in [0.3, 0.4) is 0 Å². The summed E-state index contributed by atoms with van der Waals surface area (Å²) in [4.78, 5) is 17.8. The normalized spacial score (nSPS) is 12.4. The lowest BCUT2D eigenvalue weighted by molar-refractivity contribution is -0.114. The number of hydrogen-bond acceptors (Lipinski definition) is 3. The number of benzene rings is 2. The van der Waals surface area contributed by atoms with Gasteiger partial charge < -0.3 is 0 Å². The van der Waals surface area contributed by atoms with Crippen molar-refractivity contribution >= 4 is 38.2 Å². The summed E-state index contributed by atoms with van der Waals surface area (Å²) in [5, 5.41) is 0.344. The number of carbonyl (C=O) groups excluding carboxylic acids is 1. The molecule has 3 rings (SSSR count). The molecule has 25 heavy (non-hydrogen) atoms. The first-order valence-electron chi connectivity index (χ1n) is 7.34. The zero-order valence-electron chi connectivity index (χ0n) is 13.1. The molecule has 0 atom stereocenters. The fourth-order valence-electron chi connectivity index (χ4n) is 2.26. The lowest BCUT2D eigenvalue weighted by atomic mass is 10.1. The Bertz CT molecular complexity index is 899. The molecule has 0 N–H and O–H groups in total. The molecule has 0 radical (unpaired) electrons. The number of halogens is 3. The Balaban J connectivity index is 1.95. The molecule has 0 aliphatic carbocycles. The third-order valence-corrected chi connectivity index (χ3v) is 4.67. The summed E-state index contributed by atoms with van der Waals surface area (Å²) in [6.45, 7) is 0. The molecular formula is C18H13F3N2OS. The van der Waals surface area contributed by atoms with Crippen LogP contribution in [-0.4, -0.2) is 24.1 Å². The predicted molar refractivity (Wildman–Crippen MR) is 93.5 cm³/mol. The van der Waals surface area contributed by atoms with Gasteiger partial charge in [0.1, 0.15) is 0 Å². The van der Waals surface area contributed by atoms with Crippen LogP contribution in [0, 0.1) is 0 Å². The van der Waals surface area contributed by atoms with Crippen LogP contribution in [0.4, 0.5) is 18.3 Å². The van der Waals surface area contributed by atoms with Gasteiger partial charge in [-0.15, -0.1) is 0 Å². The number of thiazole rings is 1. The van der Waals surface area contributed by atoms with E-state index in [1.807, 2.05) is 18.2 Å². The van der Waals surface area contributed by atoms with Crippen LogP contribution in [0.15, 0.2) is 60.7 Å². The monoisotopic (exact) mass is 362 g/mol. The standard InChI is InChI=1S/C18H13F3N2OS/c1-23(17-22-14-9-5-6-10-15(14)25-17)16(24)11-13(18(19,20)21)12-7-3-2-4-8-12/h2-11H,1H3/b13-11-. The van der Waals surface area contributed by atoms with E-state index < -0.39 is 17.7 Å². The van der Waals surface area contributed by atoms with Gasteiger partial charge in [0.05, 0.1) is 15.8 Å². The number of rotatable bonds is 3. The summed E-state index contributed by atoms with van der Waals surface area (Å²) < 4.78 is 40.9. The van der Waals surface area contributed by atoms with Crippen LogP contribution in [0.1, 0.15) is 5.56 Å². The van der Waals surface area contributed by atoms with Crippen molar-refractivity contribution in [3.63, 3.8) is 0 Å². The van der Waals surface area contributed by atoms with Gasteiger partial charge in [-0.1, -0.05) is 53.8 Å². The second-order valence-corrected chi connectivity index (χ2v) is 6.29. The number of alkyl halides is 3. The van der Waals surface area contributed by atoms with E-state index in [4.69, 9.17) is 0 Å². The summed E-state index contributed by atoms with van der Waals surface area (Å²) in [7, 11) is 1.41. The molecule has 3 aromatic rings. The lowest BCUT2D eigenvalue weighted by Gasteiger charge is -2.15. The van der Waals surface area contributed by atoms with E-state index in [9.17, 15) is 18.0 Å². The molecule has 0 fully saturated rings. The van der Waals surface area contributed by atoms with Crippen molar-refractivity contribution in [2.45, 2.75) is 6.18 Å². The predicted octanol–water partition coefficient (Wildman–Crippen LogP) is 4.91. The minimum atomic E-state index is -4.63. The number of fused-ring (bicyclic) bond motifs is 1. The third-order valence-electron chi connectivity index (χ3n) is 3.56. The molecule has 0 saturated carbocycles. The molecule has 0 unspecified atom stereocenters. The van der Waals surface area contributed by atoms with Crippen LogP contribution in [0.25, 0.3) is 15.8 Å². The number of carbonyl (C=O) groups is 1. The van der Waals surface area contributed by atoms with Gasteiger partial charge >= 0.3 is 6.18 Å². The van der Waals surface area contributed by atoms with Gasteiger partial charge in [0.15, 0.2) is 5.13 Å². The molecule has 0 aliphatic rings. The Morgan fingerprint density at radius 2 is 1.72 bits per heavy atom. The van der Waals surface area contributed by atoms with E-state index in [0.717, 1.165) is 9.60 Å². The molecule has 1 heterocycles. The summed E-state index contributed by atoms with van der Waals surface area (Å²) in [5.74, 6) is -0.782. The van der Waals surface area contributed by atoms with Gasteiger partial charge in [-0.2, -0.15) is 13.2 Å². The largest absolute Gasteiger partial charge is 0.417 e. The van der Waals surface area contributed by atoms with Gasteiger partial charge in [-0.05, 0) is 17.7 Å². The number of likely N-dealkylation sites (N-methyl/N-ethyl adjacent to an activating group) is 1. The Kier molecular flexibility index (Phi) is 4.59. The minimum absolute atomic E-state index is 0.0546. The van der Waals surface area contributed by atoms with Crippen molar-refractivity contribution in [3.8, 4) is 0 Å². The lowest BCUT2D eigenvalue weighted by Crippen LogP contribution is -2.25. The van der Waals surface area contributed by atoms with Gasteiger partial charge in [-0.25, -0.2) is 4.98 Å². The zero-order chi connectivity index (χ0) is 18.0. The van der Waals surface area contributed by atoms with Gasteiger partial charge in [0.2, 0.25) is 0 Å². The van der Waals surface area contributed by atoms with Crippen LogP contribution in [0.5, 0.6) is 0 Å². The van der Waals surface area contributed by atoms with Crippen molar-refractivity contribution in [1.29, 1.82) is 0 Å². The first-order chi connectivity index (χ1) is 11.9. The van der Waals surface area contributed by atoms with E-state index in [0.29, 0.717) is 16.7 Å². The van der Waals surface area contributed by atoms with Crippen LogP contribution in [0.2, 0.25) is 0 Å². The molecule has 0 spiro atoms. The summed E-state index contributed by atoms with van der Waals surface area (Å²) >= 11 is 1.25. The molecule has 0 saturated heterocycles. The van der Waals surface area contributed by atoms with Crippen molar-refractivity contribution in [2.24, 2.45) is 0 Å². The number of para-hydroxylation sites is 1. The Labute approximate surface area is 146 Å². The SMILES string of the molecule is CN(C(=O)/C=C(/c1ccccc1)C(F)(F)F)c1nc2ccccc2s1. The molecule has 2 aromatic carbocycles. The number of nitrogens with zero attached hydrogens (tertiary/aromatic N) is 2. The van der Waals surface area contributed by atoms with E-state index in [1.54, 1.807) is 12.1 Å². The number of amides is 1. The van der Waals surface area contributed by atoms with Gasteiger partial charge in [0.25, 0.3) is 5.91 Å². The average molecular weight is 362 g/mol. The quantitative estimate of drug-likeness (QED) is 0.621. The molecular weight excluding hydrogens is 349 g/mol. The topological polar surface area (TPSA) is 33.2 Å². The fourth-order valence-corrected chi connectivity index (χ4v) is 3.20. The highest BCUT2D eigenvalue weighted by molar-refractivity contribution is 7.22. The second kappa shape index (κ2) is 6.68. The molecule has 0 bridgehead atoms. The molecule has 7 heteroatoms. The Hall–Kier alpha value is -2.67. The van der Waals surface area contributed by atoms with E-state index in [-0.39, 0.29) is 5.56 Å². The van der Waals surface area contributed by atoms with Crippen LogP contribution in [-0.2, 0) is 4.79 Å². The maximum absolute atomic E-state index is 13.3. The molecule has 0 aliphatic heterocycles. The van der Waals surface area contributed by atoms with Gasteiger partial charge in [0, 0.05) is 13.1 Å². The first-order valence-corrected chi connectivity index (χ1v) is 8.15. The molecule has 128 valence electrons. The van der Waals surface area contributed by atoms with Crippen LogP contribution >= 0.6 is 11.3 Å². The minimum Gasteiger partial charge on any atom is -0.288 e. The fraction of sp³-hybridized carbons (Fsp3) is 0.111. The zero-order valence-corrected chi connectivity index (χ0v) is 13.9. The highest BCUT2D eigenvalue weighted by Gasteiger charge is 2.35. The smallest absolute Gasteiger partial charge is 0.288 e. The summed E-state index contributed by atoms with van der Waals surface area (Å²) in [5.41, 5.74) is -0.336. The number of aromatic nitrogens is 1. The Morgan fingerprint density at radius 1 is 1.08 bits per heavy atom. The number of hydrogen-bond donors (Lipinski definition) is 0. The molecule has 1 amide bonds. The highest BCUT2D eigenvalue weighted by atomic mass is 32.1. The van der Waals surface area contributed by atoms with E-state index >= 15 is 0 Å². The maximum atomic E-state index is 13.3. The van der Waals surface area contributed by atoms with Crippen LogP contribution < -0.4 is 4.90 Å². The van der Waals surface area contributed by atoms with Crippen molar-refractivity contribution in [3.05, 3.63) is 66.2 Å². The van der Waals surface area contributed by atoms with E-state index in [2.05, 4.69) is 4.98 Å². The molecule has 1 aromatic heterocycles.